The number of nitrogens with one attached hydrogen (secondary N) is 1. The van der Waals surface area contributed by atoms with Crippen LogP contribution < -0.4 is 5.32 Å². The van der Waals surface area contributed by atoms with Crippen molar-refractivity contribution in [3.63, 3.8) is 0 Å². The molecule has 0 aliphatic rings. The number of anilines is 1. The van der Waals surface area contributed by atoms with E-state index in [9.17, 15) is 9.90 Å². The molecule has 0 spiro atoms. The van der Waals surface area contributed by atoms with E-state index >= 15 is 0 Å². The van der Waals surface area contributed by atoms with E-state index in [1.165, 1.54) is 0 Å². The maximum absolute atomic E-state index is 12.5. The molecule has 0 unspecified atom stereocenters. The molecule has 2 aromatic rings. The molecule has 1 aromatic heterocycles. The highest BCUT2D eigenvalue weighted by atomic mass is 16.4. The number of rotatable bonds is 2. The van der Waals surface area contributed by atoms with Crippen molar-refractivity contribution in [2.75, 3.05) is 5.32 Å². The van der Waals surface area contributed by atoms with Crippen LogP contribution in [0.1, 0.15) is 63.0 Å². The number of amides is 1. The zero-order valence-corrected chi connectivity index (χ0v) is 14.4. The Labute approximate surface area is 135 Å². The summed E-state index contributed by atoms with van der Waals surface area (Å²) in [6, 6.07) is 3.45. The van der Waals surface area contributed by atoms with Gasteiger partial charge in [0.05, 0.1) is 0 Å². The largest absolute Gasteiger partial charge is 0.507 e. The van der Waals surface area contributed by atoms with Gasteiger partial charge in [-0.3, -0.25) is 10.1 Å². The van der Waals surface area contributed by atoms with E-state index in [4.69, 9.17) is 4.42 Å². The van der Waals surface area contributed by atoms with Crippen molar-refractivity contribution in [2.24, 2.45) is 0 Å². The van der Waals surface area contributed by atoms with E-state index in [0.29, 0.717) is 5.56 Å². The standard InChI is InChI=1S/C17H23N3O3/c1-16(2,3)11-7-10(8-12(13(11)21)17(4,5)6)14(22)19-15-20-18-9-23-15/h7-9,21H,1-6H3,(H,19,20,22). The first kappa shape index (κ1) is 17.0. The van der Waals surface area contributed by atoms with Crippen LogP contribution in [0, 0.1) is 0 Å². The minimum atomic E-state index is -0.356. The molecule has 1 aromatic carbocycles. The Kier molecular flexibility index (Phi) is 4.20. The van der Waals surface area contributed by atoms with Gasteiger partial charge < -0.3 is 9.52 Å². The lowest BCUT2D eigenvalue weighted by molar-refractivity contribution is 0.102. The van der Waals surface area contributed by atoms with Gasteiger partial charge in [0, 0.05) is 16.7 Å². The second-order valence-corrected chi connectivity index (χ2v) is 7.62. The van der Waals surface area contributed by atoms with Crippen molar-refractivity contribution in [3.05, 3.63) is 35.2 Å². The van der Waals surface area contributed by atoms with Crippen molar-refractivity contribution in [2.45, 2.75) is 52.4 Å². The fourth-order valence-electron chi connectivity index (χ4n) is 2.31. The maximum atomic E-state index is 12.5. The lowest BCUT2D eigenvalue weighted by Gasteiger charge is -2.28. The van der Waals surface area contributed by atoms with Crippen LogP contribution in [0.15, 0.2) is 22.9 Å². The summed E-state index contributed by atoms with van der Waals surface area (Å²) in [5, 5.41) is 20.4. The summed E-state index contributed by atoms with van der Waals surface area (Å²) >= 11 is 0. The molecular formula is C17H23N3O3. The first-order valence-corrected chi connectivity index (χ1v) is 7.45. The predicted molar refractivity (Wildman–Crippen MR) is 87.8 cm³/mol. The average Bonchev–Trinajstić information content (AvgIpc) is 2.88. The second kappa shape index (κ2) is 5.68. The number of benzene rings is 1. The van der Waals surface area contributed by atoms with Crippen LogP contribution >= 0.6 is 0 Å². The van der Waals surface area contributed by atoms with Crippen molar-refractivity contribution in [3.8, 4) is 5.75 Å². The van der Waals surface area contributed by atoms with Crippen LogP contribution in [0.3, 0.4) is 0 Å². The van der Waals surface area contributed by atoms with Gasteiger partial charge >= 0.3 is 6.01 Å². The smallest absolute Gasteiger partial charge is 0.322 e. The van der Waals surface area contributed by atoms with Crippen LogP contribution in [-0.2, 0) is 10.8 Å². The lowest BCUT2D eigenvalue weighted by atomic mass is 9.78. The van der Waals surface area contributed by atoms with Crippen LogP contribution in [0.25, 0.3) is 0 Å². The minimum Gasteiger partial charge on any atom is -0.507 e. The Balaban J connectivity index is 2.53. The first-order chi connectivity index (χ1) is 10.5. The molecule has 1 heterocycles. The van der Waals surface area contributed by atoms with Gasteiger partial charge in [-0.15, -0.1) is 5.10 Å². The summed E-state index contributed by atoms with van der Waals surface area (Å²) in [5.74, 6) is -0.121. The molecule has 1 amide bonds. The van der Waals surface area contributed by atoms with Gasteiger partial charge in [0.15, 0.2) is 0 Å². The number of carbonyl (C=O) groups excluding carboxylic acids is 1. The number of hydrogen-bond donors (Lipinski definition) is 2. The molecule has 0 aliphatic heterocycles. The van der Waals surface area contributed by atoms with Crippen LogP contribution in [0.4, 0.5) is 6.01 Å². The third-order valence-corrected chi connectivity index (χ3v) is 3.57. The summed E-state index contributed by atoms with van der Waals surface area (Å²) in [4.78, 5) is 12.5. The van der Waals surface area contributed by atoms with E-state index in [1.54, 1.807) is 12.1 Å². The fraction of sp³-hybridized carbons (Fsp3) is 0.471. The molecule has 0 atom stereocenters. The number of phenolic OH excluding ortho intramolecular Hbond substituents is 1. The monoisotopic (exact) mass is 317 g/mol. The highest BCUT2D eigenvalue weighted by Gasteiger charge is 2.28. The van der Waals surface area contributed by atoms with E-state index in [0.717, 1.165) is 17.5 Å². The number of nitrogens with zero attached hydrogens (tertiary/aromatic N) is 2. The summed E-state index contributed by atoms with van der Waals surface area (Å²) in [7, 11) is 0. The van der Waals surface area contributed by atoms with Gasteiger partial charge in [-0.25, -0.2) is 0 Å². The summed E-state index contributed by atoms with van der Waals surface area (Å²) < 4.78 is 4.94. The van der Waals surface area contributed by atoms with E-state index in [2.05, 4.69) is 15.5 Å². The van der Waals surface area contributed by atoms with Crippen molar-refractivity contribution >= 4 is 11.9 Å². The van der Waals surface area contributed by atoms with Crippen LogP contribution in [0.5, 0.6) is 5.75 Å². The fourth-order valence-corrected chi connectivity index (χ4v) is 2.31. The zero-order chi connectivity index (χ0) is 17.4. The Morgan fingerprint density at radius 3 is 2.00 bits per heavy atom. The Hall–Kier alpha value is -2.37. The third kappa shape index (κ3) is 3.70. The Morgan fingerprint density at radius 1 is 1.09 bits per heavy atom. The van der Waals surface area contributed by atoms with Gasteiger partial charge in [-0.1, -0.05) is 46.6 Å². The van der Waals surface area contributed by atoms with Gasteiger partial charge in [0.2, 0.25) is 6.39 Å². The quantitative estimate of drug-likeness (QED) is 0.883. The maximum Gasteiger partial charge on any atom is 0.322 e. The third-order valence-electron chi connectivity index (χ3n) is 3.57. The highest BCUT2D eigenvalue weighted by molar-refractivity contribution is 6.03. The lowest BCUT2D eigenvalue weighted by Crippen LogP contribution is -2.20. The normalized spacial score (nSPS) is 12.3. The SMILES string of the molecule is CC(C)(C)c1cc(C(=O)Nc2nnco2)cc(C(C)(C)C)c1O. The molecule has 0 saturated heterocycles. The Bertz CT molecular complexity index is 673. The molecule has 6 nitrogen and oxygen atoms in total. The van der Waals surface area contributed by atoms with E-state index in [1.807, 2.05) is 41.5 Å². The van der Waals surface area contributed by atoms with Crippen molar-refractivity contribution in [1.29, 1.82) is 0 Å². The molecule has 2 rings (SSSR count). The minimum absolute atomic E-state index is 0.0395. The van der Waals surface area contributed by atoms with Crippen molar-refractivity contribution in [1.82, 2.24) is 10.2 Å². The van der Waals surface area contributed by atoms with Crippen LogP contribution in [-0.4, -0.2) is 21.2 Å². The summed E-state index contributed by atoms with van der Waals surface area (Å²) in [6.07, 6.45) is 1.15. The van der Waals surface area contributed by atoms with Crippen LogP contribution in [0.2, 0.25) is 0 Å². The van der Waals surface area contributed by atoms with Gasteiger partial charge in [-0.05, 0) is 23.0 Å². The molecule has 0 radical (unpaired) electrons. The Morgan fingerprint density at radius 2 is 1.61 bits per heavy atom. The average molecular weight is 317 g/mol. The predicted octanol–water partition coefficient (Wildman–Crippen LogP) is 3.62. The molecule has 0 fully saturated rings. The summed E-state index contributed by atoms with van der Waals surface area (Å²) in [5.41, 5.74) is 1.28. The van der Waals surface area contributed by atoms with Crippen molar-refractivity contribution < 1.29 is 14.3 Å². The number of hydrogen-bond acceptors (Lipinski definition) is 5. The number of aromatic nitrogens is 2. The molecule has 23 heavy (non-hydrogen) atoms. The van der Waals surface area contributed by atoms with E-state index in [-0.39, 0.29) is 28.5 Å². The van der Waals surface area contributed by atoms with Gasteiger partial charge in [0.1, 0.15) is 5.75 Å². The van der Waals surface area contributed by atoms with E-state index < -0.39 is 0 Å². The molecule has 0 bridgehead atoms. The first-order valence-electron chi connectivity index (χ1n) is 7.45. The number of aromatic hydroxyl groups is 1. The molecule has 6 heteroatoms. The topological polar surface area (TPSA) is 88.3 Å². The molecule has 2 N–H and O–H groups in total. The van der Waals surface area contributed by atoms with Gasteiger partial charge in [-0.2, -0.15) is 0 Å². The molecule has 0 aliphatic carbocycles. The molecule has 0 saturated carbocycles. The second-order valence-electron chi connectivity index (χ2n) is 7.62. The molecule has 124 valence electrons. The number of carbonyl (C=O) groups is 1. The summed E-state index contributed by atoms with van der Waals surface area (Å²) in [6.45, 7) is 12.0. The van der Waals surface area contributed by atoms with Gasteiger partial charge in [0.25, 0.3) is 5.91 Å². The number of phenols is 1. The zero-order valence-electron chi connectivity index (χ0n) is 14.4. The molecular weight excluding hydrogens is 294 g/mol. The highest BCUT2D eigenvalue weighted by Crippen LogP contribution is 2.39.